The van der Waals surface area contributed by atoms with Crippen LogP contribution in [0.4, 0.5) is 0 Å². The number of hydrogen-bond donors (Lipinski definition) is 0. The molecular formula is C15H21ClOZr. The van der Waals surface area contributed by atoms with Crippen molar-refractivity contribution in [3.8, 4) is 0 Å². The van der Waals surface area contributed by atoms with Crippen LogP contribution in [-0.4, -0.2) is 7.11 Å². The van der Waals surface area contributed by atoms with E-state index in [2.05, 4.69) is 64.2 Å². The van der Waals surface area contributed by atoms with Gasteiger partial charge in [0.15, 0.2) is 0 Å². The molecule has 18 heavy (non-hydrogen) atoms. The maximum absolute atomic E-state index is 6.03. The molecule has 2 rings (SSSR count). The third-order valence-electron chi connectivity index (χ3n) is 3.62. The molecule has 2 aliphatic rings. The van der Waals surface area contributed by atoms with E-state index in [0.29, 0.717) is 0 Å². The third kappa shape index (κ3) is 2.81. The van der Waals surface area contributed by atoms with Crippen molar-refractivity contribution in [2.45, 2.75) is 33.9 Å². The Bertz CT molecular complexity index is 409. The van der Waals surface area contributed by atoms with Gasteiger partial charge < -0.3 is 12.4 Å². The normalized spacial score (nSPS) is 33.2. The maximum atomic E-state index is 6.03. The molecule has 3 heteroatoms. The topological polar surface area (TPSA) is 9.23 Å². The molecule has 0 radical (unpaired) electrons. The Morgan fingerprint density at radius 2 is 1.33 bits per heavy atom. The zero-order chi connectivity index (χ0) is 12.7. The third-order valence-corrected chi connectivity index (χ3v) is 11.0. The van der Waals surface area contributed by atoms with E-state index < -0.39 is 22.2 Å². The van der Waals surface area contributed by atoms with E-state index in [9.17, 15) is 0 Å². The van der Waals surface area contributed by atoms with E-state index >= 15 is 0 Å². The van der Waals surface area contributed by atoms with Crippen LogP contribution in [0, 0.1) is 0 Å². The molecule has 2 atom stereocenters. The smallest absolute Gasteiger partial charge is 1.00 e. The number of rotatable bonds is 3. The largest absolute Gasteiger partial charge is 1.00 e. The molecule has 0 aromatic rings. The van der Waals surface area contributed by atoms with Gasteiger partial charge in [0.2, 0.25) is 0 Å². The summed E-state index contributed by atoms with van der Waals surface area (Å²) in [5, 5.41) is 0. The first-order valence-electron chi connectivity index (χ1n) is 6.09. The van der Waals surface area contributed by atoms with Crippen LogP contribution in [0.2, 0.25) is 6.25 Å². The zero-order valence-corrected chi connectivity index (χ0v) is 15.0. The summed E-state index contributed by atoms with van der Waals surface area (Å²) in [6.07, 6.45) is 14.0. The second kappa shape index (κ2) is 5.61. The van der Waals surface area contributed by atoms with Gasteiger partial charge in [-0.15, -0.1) is 0 Å². The predicted molar refractivity (Wildman–Crippen MR) is 69.5 cm³/mol. The van der Waals surface area contributed by atoms with Crippen molar-refractivity contribution in [3.63, 3.8) is 0 Å². The molecule has 98 valence electrons. The Kier molecular flexibility index (Phi) is 5.03. The standard InChI is InChI=1S/2C7H9.CH3O.ClH.Zr/c2*1-6-3-4-7(2)5-6;1-2;;/h2*3-5H,1-2H3;1H3;1H;/q;;-1;;+2/p-1. The van der Waals surface area contributed by atoms with Gasteiger partial charge in [0.1, 0.15) is 0 Å². The van der Waals surface area contributed by atoms with Gasteiger partial charge in [-0.2, -0.15) is 0 Å². The molecule has 0 aromatic heterocycles. The van der Waals surface area contributed by atoms with Crippen molar-refractivity contribution >= 4 is 0 Å². The zero-order valence-electron chi connectivity index (χ0n) is 11.8. The van der Waals surface area contributed by atoms with Crippen LogP contribution >= 0.6 is 0 Å². The predicted octanol–water partition coefficient (Wildman–Crippen LogP) is 1.56. The van der Waals surface area contributed by atoms with E-state index in [1.54, 1.807) is 0 Å². The summed E-state index contributed by atoms with van der Waals surface area (Å²) in [5.74, 6) is 0. The SMILES string of the molecule is C[O][Zr+]([C]1(C)C=CC(C)=C1)[C]1(C)C=CC(C)=C1.[Cl-]. The maximum Gasteiger partial charge on any atom is -1.00 e. The van der Waals surface area contributed by atoms with Crippen LogP contribution in [-0.2, 0) is 25.0 Å². The number of halogens is 1. The first kappa shape index (κ1) is 16.1. The summed E-state index contributed by atoms with van der Waals surface area (Å²) in [4.78, 5) is 0. The molecule has 1 nitrogen and oxygen atoms in total. The summed E-state index contributed by atoms with van der Waals surface area (Å²) in [6.45, 7) is 9.01. The van der Waals surface area contributed by atoms with Crippen LogP contribution in [0.5, 0.6) is 0 Å². The Balaban J connectivity index is 0.00000162. The van der Waals surface area contributed by atoms with Crippen molar-refractivity contribution in [2.24, 2.45) is 0 Å². The molecule has 2 aliphatic carbocycles. The van der Waals surface area contributed by atoms with Gasteiger partial charge in [0, 0.05) is 0 Å². The fourth-order valence-corrected chi connectivity index (χ4v) is 11.0. The Labute approximate surface area is 125 Å². The Morgan fingerprint density at radius 3 is 1.56 bits per heavy atom. The van der Waals surface area contributed by atoms with Crippen molar-refractivity contribution < 1.29 is 37.4 Å². The van der Waals surface area contributed by atoms with Crippen LogP contribution < -0.4 is 12.4 Å². The molecule has 0 fully saturated rings. The van der Waals surface area contributed by atoms with Gasteiger partial charge in [-0.05, 0) is 0 Å². The second-order valence-corrected chi connectivity index (χ2v) is 13.5. The molecule has 0 amide bonds. The van der Waals surface area contributed by atoms with Crippen LogP contribution in [0.25, 0.3) is 0 Å². The van der Waals surface area contributed by atoms with Gasteiger partial charge in [-0.3, -0.25) is 0 Å². The van der Waals surface area contributed by atoms with Gasteiger partial charge in [0.05, 0.1) is 0 Å². The molecule has 2 unspecified atom stereocenters. The van der Waals surface area contributed by atoms with Gasteiger partial charge in [-0.25, -0.2) is 0 Å². The van der Waals surface area contributed by atoms with E-state index in [0.717, 1.165) is 0 Å². The minimum atomic E-state index is -2.11. The Hall–Kier alpha value is 0.0931. The molecule has 0 aromatic carbocycles. The van der Waals surface area contributed by atoms with Crippen LogP contribution in [0.3, 0.4) is 0 Å². The van der Waals surface area contributed by atoms with Gasteiger partial charge in [0.25, 0.3) is 0 Å². The van der Waals surface area contributed by atoms with Crippen LogP contribution in [0.1, 0.15) is 27.7 Å². The minimum absolute atomic E-state index is 0. The fraction of sp³-hybridized carbons (Fsp3) is 0.467. The summed E-state index contributed by atoms with van der Waals surface area (Å²) in [7, 11) is 1.90. The van der Waals surface area contributed by atoms with E-state index in [1.807, 2.05) is 7.11 Å². The first-order valence-corrected chi connectivity index (χ1v) is 9.55. The summed E-state index contributed by atoms with van der Waals surface area (Å²) < 4.78 is 6.39. The number of hydrogen-bond acceptors (Lipinski definition) is 1. The molecule has 0 aliphatic heterocycles. The van der Waals surface area contributed by atoms with Crippen molar-refractivity contribution in [3.05, 3.63) is 47.6 Å². The molecular weight excluding hydrogens is 323 g/mol. The molecule has 0 spiro atoms. The van der Waals surface area contributed by atoms with Crippen molar-refractivity contribution in [1.29, 1.82) is 0 Å². The summed E-state index contributed by atoms with van der Waals surface area (Å²) in [5.41, 5.74) is 2.74. The van der Waals surface area contributed by atoms with E-state index in [1.165, 1.54) is 11.1 Å². The molecule has 0 saturated carbocycles. The van der Waals surface area contributed by atoms with E-state index in [-0.39, 0.29) is 18.7 Å². The second-order valence-electron chi connectivity index (χ2n) is 5.54. The Morgan fingerprint density at radius 1 is 0.944 bits per heavy atom. The minimum Gasteiger partial charge on any atom is -1.00 e. The molecule has 0 bridgehead atoms. The monoisotopic (exact) mass is 342 g/mol. The summed E-state index contributed by atoms with van der Waals surface area (Å²) in [6, 6.07) is 0. The van der Waals surface area contributed by atoms with Crippen molar-refractivity contribution in [2.75, 3.05) is 7.11 Å². The van der Waals surface area contributed by atoms with Gasteiger partial charge in [-0.1, -0.05) is 0 Å². The van der Waals surface area contributed by atoms with Crippen LogP contribution in [0.15, 0.2) is 47.6 Å². The first-order chi connectivity index (χ1) is 7.89. The van der Waals surface area contributed by atoms with E-state index in [4.69, 9.17) is 2.81 Å². The molecule has 0 N–H and O–H groups in total. The molecule has 0 saturated heterocycles. The van der Waals surface area contributed by atoms with Gasteiger partial charge >= 0.3 is 114 Å². The summed E-state index contributed by atoms with van der Waals surface area (Å²) >= 11 is -2.11. The fourth-order valence-electron chi connectivity index (χ4n) is 3.05. The quantitative estimate of drug-likeness (QED) is 0.755. The van der Waals surface area contributed by atoms with Crippen molar-refractivity contribution in [1.82, 2.24) is 0 Å². The average Bonchev–Trinajstić information content (AvgIpc) is 2.73. The number of allylic oxidation sites excluding steroid dienone is 8. The average molecular weight is 344 g/mol. The molecule has 0 heterocycles.